The maximum absolute atomic E-state index is 12.4. The number of esters is 2. The lowest BCUT2D eigenvalue weighted by Gasteiger charge is -2.36. The molecule has 1 N–H and O–H groups in total. The molecule has 0 radical (unpaired) electrons. The highest BCUT2D eigenvalue weighted by Crippen LogP contribution is 2.75. The normalized spacial score (nSPS) is 54.9. The van der Waals surface area contributed by atoms with Crippen molar-refractivity contribution in [3.63, 3.8) is 0 Å². The molecule has 3 heterocycles. The number of hydrogen-bond donors (Lipinski definition) is 1. The van der Waals surface area contributed by atoms with Gasteiger partial charge in [0.05, 0.1) is 17.4 Å². The molecule has 2 saturated carbocycles. The fourth-order valence-corrected chi connectivity index (χ4v) is 5.79. The Morgan fingerprint density at radius 3 is 2.70 bits per heavy atom. The van der Waals surface area contributed by atoms with Crippen LogP contribution in [0.5, 0.6) is 0 Å². The van der Waals surface area contributed by atoms with Crippen LogP contribution in [0.2, 0.25) is 0 Å². The van der Waals surface area contributed by atoms with Crippen LogP contribution in [0.1, 0.15) is 34.1 Å². The largest absolute Gasteiger partial charge is 0.458 e. The van der Waals surface area contributed by atoms with Crippen LogP contribution in [0.25, 0.3) is 0 Å². The van der Waals surface area contributed by atoms with Gasteiger partial charge in [-0.25, -0.2) is 9.59 Å². The third kappa shape index (κ3) is 1.87. The second-order valence-electron chi connectivity index (χ2n) is 8.85. The van der Waals surface area contributed by atoms with Gasteiger partial charge in [-0.3, -0.25) is 0 Å². The number of hydrogen-bond acceptors (Lipinski definition) is 7. The molecule has 146 valence electrons. The van der Waals surface area contributed by atoms with Crippen molar-refractivity contribution in [1.29, 1.82) is 0 Å². The zero-order chi connectivity index (χ0) is 19.5. The Hall–Kier alpha value is -1.70. The molecular formula is C20H24O7. The van der Waals surface area contributed by atoms with E-state index in [1.807, 2.05) is 6.92 Å². The summed E-state index contributed by atoms with van der Waals surface area (Å²) in [5, 5.41) is 11.4. The van der Waals surface area contributed by atoms with Crippen LogP contribution in [0.4, 0.5) is 0 Å². The SMILES string of the molecule is C=C1C(=O)O[C@H]2[C@H]1[C@H](OC(=O)/C(C)=C\C)C[C@@](C)(O)[C@]13O[C@H]1[C@H]1O[C@@]1(C)[C@H]23. The Labute approximate surface area is 157 Å². The van der Waals surface area contributed by atoms with Gasteiger partial charge in [-0.1, -0.05) is 12.7 Å². The Morgan fingerprint density at radius 2 is 2.04 bits per heavy atom. The van der Waals surface area contributed by atoms with Crippen molar-refractivity contribution >= 4 is 11.9 Å². The number of allylic oxidation sites excluding steroid dienone is 1. The second-order valence-corrected chi connectivity index (χ2v) is 8.85. The van der Waals surface area contributed by atoms with Gasteiger partial charge in [-0.2, -0.15) is 0 Å². The molecule has 5 rings (SSSR count). The van der Waals surface area contributed by atoms with E-state index in [-0.39, 0.29) is 30.1 Å². The summed E-state index contributed by atoms with van der Waals surface area (Å²) in [7, 11) is 0. The maximum Gasteiger partial charge on any atom is 0.334 e. The Balaban J connectivity index is 1.58. The Bertz CT molecular complexity index is 813. The lowest BCUT2D eigenvalue weighted by molar-refractivity contribution is -0.150. The van der Waals surface area contributed by atoms with E-state index >= 15 is 0 Å². The molecule has 7 heteroatoms. The molecule has 2 aliphatic carbocycles. The van der Waals surface area contributed by atoms with Crippen LogP contribution in [-0.2, 0) is 28.5 Å². The predicted molar refractivity (Wildman–Crippen MR) is 91.4 cm³/mol. The minimum atomic E-state index is -1.26. The summed E-state index contributed by atoms with van der Waals surface area (Å²) in [4.78, 5) is 24.8. The Morgan fingerprint density at radius 1 is 1.33 bits per heavy atom. The van der Waals surface area contributed by atoms with E-state index in [2.05, 4.69) is 6.58 Å². The van der Waals surface area contributed by atoms with Crippen LogP contribution < -0.4 is 0 Å². The van der Waals surface area contributed by atoms with E-state index in [1.54, 1.807) is 26.8 Å². The molecule has 1 spiro atoms. The highest BCUT2D eigenvalue weighted by molar-refractivity contribution is 5.92. The molecule has 5 aliphatic rings. The highest BCUT2D eigenvalue weighted by atomic mass is 16.7. The summed E-state index contributed by atoms with van der Waals surface area (Å²) in [5.74, 6) is -1.84. The number of ether oxygens (including phenoxy) is 4. The zero-order valence-corrected chi connectivity index (χ0v) is 15.9. The second kappa shape index (κ2) is 4.82. The van der Waals surface area contributed by atoms with Gasteiger partial charge >= 0.3 is 11.9 Å². The topological polar surface area (TPSA) is 97.9 Å². The fraction of sp³-hybridized carbons (Fsp3) is 0.700. The summed E-state index contributed by atoms with van der Waals surface area (Å²) in [5.41, 5.74) is -1.89. The molecule has 27 heavy (non-hydrogen) atoms. The van der Waals surface area contributed by atoms with Crippen LogP contribution in [0.15, 0.2) is 23.8 Å². The van der Waals surface area contributed by atoms with Gasteiger partial charge < -0.3 is 24.1 Å². The third-order valence-corrected chi connectivity index (χ3v) is 7.38. The number of aliphatic hydroxyl groups is 1. The highest BCUT2D eigenvalue weighted by Gasteiger charge is 2.93. The van der Waals surface area contributed by atoms with E-state index in [4.69, 9.17) is 18.9 Å². The monoisotopic (exact) mass is 376 g/mol. The number of rotatable bonds is 2. The summed E-state index contributed by atoms with van der Waals surface area (Å²) < 4.78 is 23.3. The zero-order valence-electron chi connectivity index (χ0n) is 15.9. The fourth-order valence-electron chi connectivity index (χ4n) is 5.79. The third-order valence-electron chi connectivity index (χ3n) is 7.38. The van der Waals surface area contributed by atoms with E-state index in [1.165, 1.54) is 0 Å². The minimum absolute atomic E-state index is 0.105. The molecule has 0 aromatic heterocycles. The number of fused-ring (bicyclic) bond motifs is 5. The van der Waals surface area contributed by atoms with Crippen molar-refractivity contribution in [3.05, 3.63) is 23.8 Å². The van der Waals surface area contributed by atoms with E-state index in [0.29, 0.717) is 5.57 Å². The summed E-state index contributed by atoms with van der Waals surface area (Å²) >= 11 is 0. The molecular weight excluding hydrogens is 352 g/mol. The summed E-state index contributed by atoms with van der Waals surface area (Å²) in [6.45, 7) is 11.0. The molecule has 0 bridgehead atoms. The first-order chi connectivity index (χ1) is 12.6. The molecule has 0 unspecified atom stereocenters. The van der Waals surface area contributed by atoms with Crippen molar-refractivity contribution in [2.24, 2.45) is 11.8 Å². The average molecular weight is 376 g/mol. The molecule has 3 saturated heterocycles. The van der Waals surface area contributed by atoms with Gasteiger partial charge in [0.1, 0.15) is 35.6 Å². The predicted octanol–water partition coefficient (Wildman–Crippen LogP) is 1.04. The maximum atomic E-state index is 12.4. The molecule has 9 atom stereocenters. The van der Waals surface area contributed by atoms with Gasteiger partial charge in [0.2, 0.25) is 0 Å². The molecule has 0 aromatic rings. The van der Waals surface area contributed by atoms with Crippen LogP contribution in [-0.4, -0.2) is 58.3 Å². The first kappa shape index (κ1) is 17.4. The van der Waals surface area contributed by atoms with Crippen molar-refractivity contribution < 1.29 is 33.6 Å². The number of carbonyl (C=O) groups excluding carboxylic acids is 2. The smallest absolute Gasteiger partial charge is 0.334 e. The number of epoxide rings is 2. The molecule has 0 aromatic carbocycles. The quantitative estimate of drug-likeness (QED) is 0.437. The molecule has 3 aliphatic heterocycles. The van der Waals surface area contributed by atoms with E-state index < -0.39 is 46.9 Å². The van der Waals surface area contributed by atoms with Gasteiger partial charge in [-0.05, 0) is 27.7 Å². The van der Waals surface area contributed by atoms with Gasteiger partial charge in [-0.15, -0.1) is 0 Å². The van der Waals surface area contributed by atoms with Crippen molar-refractivity contribution in [2.45, 2.75) is 75.3 Å². The van der Waals surface area contributed by atoms with Gasteiger partial charge in [0.25, 0.3) is 0 Å². The summed E-state index contributed by atoms with van der Waals surface area (Å²) in [6, 6.07) is 0. The molecule has 0 amide bonds. The lowest BCUT2D eigenvalue weighted by Crippen LogP contribution is -2.53. The standard InChI is InChI=1S/C20H24O7/c1-6-8(2)16(21)24-10-7-18(4,23)20-13(12-11(10)9(3)17(22)25-12)19(5)14(26-19)15(20)27-20/h6,10-15,23H,3,7H2,1-2,4-5H3/b8-6-/t10-,11-,12+,13+,14-,15+,18-,19+,20-/m1/s1. The average Bonchev–Trinajstić information content (AvgIpc) is 3.45. The van der Waals surface area contributed by atoms with Gasteiger partial charge in [0, 0.05) is 17.6 Å². The van der Waals surface area contributed by atoms with Crippen molar-refractivity contribution in [1.82, 2.24) is 0 Å². The summed E-state index contributed by atoms with van der Waals surface area (Å²) in [6.07, 6.45) is 0.121. The van der Waals surface area contributed by atoms with Crippen LogP contribution in [0, 0.1) is 11.8 Å². The lowest BCUT2D eigenvalue weighted by atomic mass is 9.74. The van der Waals surface area contributed by atoms with Crippen LogP contribution >= 0.6 is 0 Å². The molecule has 5 fully saturated rings. The molecule has 7 nitrogen and oxygen atoms in total. The Kier molecular flexibility index (Phi) is 3.11. The minimum Gasteiger partial charge on any atom is -0.458 e. The van der Waals surface area contributed by atoms with E-state index in [9.17, 15) is 14.7 Å². The van der Waals surface area contributed by atoms with Crippen LogP contribution in [0.3, 0.4) is 0 Å². The van der Waals surface area contributed by atoms with Crippen molar-refractivity contribution in [3.8, 4) is 0 Å². The van der Waals surface area contributed by atoms with Gasteiger partial charge in [0.15, 0.2) is 0 Å². The number of carbonyl (C=O) groups is 2. The van der Waals surface area contributed by atoms with Crippen molar-refractivity contribution in [2.75, 3.05) is 0 Å². The first-order valence-corrected chi connectivity index (χ1v) is 9.40. The van der Waals surface area contributed by atoms with E-state index in [0.717, 1.165) is 0 Å². The first-order valence-electron chi connectivity index (χ1n) is 9.40.